The molecule has 2 rings (SSSR count). The fourth-order valence-electron chi connectivity index (χ4n) is 2.42. The molecule has 0 fully saturated rings. The predicted octanol–water partition coefficient (Wildman–Crippen LogP) is 4.16. The number of allylic oxidation sites excluding steroid dienone is 2. The molecule has 1 N–H and O–H groups in total. The molecule has 4 heteroatoms. The van der Waals surface area contributed by atoms with E-state index in [0.29, 0.717) is 10.9 Å². The van der Waals surface area contributed by atoms with Crippen molar-refractivity contribution in [2.24, 2.45) is 5.41 Å². The zero-order valence-electron chi connectivity index (χ0n) is 12.5. The summed E-state index contributed by atoms with van der Waals surface area (Å²) in [5.74, 6) is 0.175. The maximum Gasteiger partial charge on any atom is 0.172 e. The molecule has 3 nitrogen and oxygen atoms in total. The Hall–Kier alpha value is -1.29. The molecule has 0 bridgehead atoms. The summed E-state index contributed by atoms with van der Waals surface area (Å²) in [5, 5.41) is 3.38. The van der Waals surface area contributed by atoms with Gasteiger partial charge in [-0.25, -0.2) is 0 Å². The highest BCUT2D eigenvalue weighted by Gasteiger charge is 2.31. The molecule has 0 amide bonds. The highest BCUT2D eigenvalue weighted by molar-refractivity contribution is 9.12. The van der Waals surface area contributed by atoms with Gasteiger partial charge in [0.1, 0.15) is 0 Å². The van der Waals surface area contributed by atoms with Gasteiger partial charge in [0.05, 0.1) is 4.48 Å². The quantitative estimate of drug-likeness (QED) is 0.899. The van der Waals surface area contributed by atoms with Crippen molar-refractivity contribution in [3.05, 3.63) is 34.4 Å². The van der Waals surface area contributed by atoms with Crippen LogP contribution in [0.15, 0.2) is 34.4 Å². The first-order chi connectivity index (χ1) is 9.28. The van der Waals surface area contributed by atoms with E-state index in [1.54, 1.807) is 0 Å². The first-order valence-electron chi connectivity index (χ1n) is 6.75. The third kappa shape index (κ3) is 3.42. The van der Waals surface area contributed by atoms with Crippen LogP contribution in [0.2, 0.25) is 0 Å². The number of hydrogen-bond donors (Lipinski definition) is 1. The summed E-state index contributed by atoms with van der Waals surface area (Å²) >= 11 is 3.43. The number of benzene rings is 1. The molecular weight excluding hydrogens is 316 g/mol. The summed E-state index contributed by atoms with van der Waals surface area (Å²) in [6, 6.07) is 8.20. The normalized spacial score (nSPS) is 18.1. The van der Waals surface area contributed by atoms with Gasteiger partial charge in [0.15, 0.2) is 5.78 Å². The molecule has 0 heterocycles. The zero-order valence-corrected chi connectivity index (χ0v) is 14.0. The molecule has 0 atom stereocenters. The van der Waals surface area contributed by atoms with E-state index in [-0.39, 0.29) is 11.2 Å². The summed E-state index contributed by atoms with van der Waals surface area (Å²) in [5.41, 5.74) is 3.15. The Balaban J connectivity index is 2.20. The van der Waals surface area contributed by atoms with Crippen molar-refractivity contribution in [3.63, 3.8) is 0 Å². The van der Waals surface area contributed by atoms with Gasteiger partial charge in [-0.05, 0) is 52.0 Å². The molecule has 0 spiro atoms. The van der Waals surface area contributed by atoms with Gasteiger partial charge in [-0.15, -0.1) is 0 Å². The molecule has 1 aromatic rings. The van der Waals surface area contributed by atoms with E-state index >= 15 is 0 Å². The van der Waals surface area contributed by atoms with Crippen molar-refractivity contribution in [1.82, 2.24) is 0 Å². The van der Waals surface area contributed by atoms with Crippen molar-refractivity contribution in [2.75, 3.05) is 24.3 Å². The minimum atomic E-state index is 0.0142. The topological polar surface area (TPSA) is 32.3 Å². The second-order valence-electron chi connectivity index (χ2n) is 6.30. The Labute approximate surface area is 129 Å². The number of hydrogen-bond acceptors (Lipinski definition) is 3. The average Bonchev–Trinajstić information content (AvgIpc) is 2.35. The standard InChI is InChI=1S/C16H21BrN2O/c1-16(2)9-13(15(17)14(20)10-16)18-11-5-7-12(8-6-11)19(3)4/h5-8,18H,9-10H2,1-4H3. The van der Waals surface area contributed by atoms with Gasteiger partial charge >= 0.3 is 0 Å². The van der Waals surface area contributed by atoms with Crippen molar-refractivity contribution in [3.8, 4) is 0 Å². The fourth-order valence-corrected chi connectivity index (χ4v) is 2.79. The van der Waals surface area contributed by atoms with Crippen LogP contribution in [-0.2, 0) is 4.79 Å². The Morgan fingerprint density at radius 3 is 2.30 bits per heavy atom. The third-order valence-electron chi connectivity index (χ3n) is 3.48. The Bertz CT molecular complexity index is 544. The maximum atomic E-state index is 12.0. The Kier molecular flexibility index (Phi) is 4.23. The van der Waals surface area contributed by atoms with Crippen molar-refractivity contribution >= 4 is 33.1 Å². The van der Waals surface area contributed by atoms with Gasteiger partial charge in [-0.1, -0.05) is 13.8 Å². The van der Waals surface area contributed by atoms with Crippen LogP contribution in [0.5, 0.6) is 0 Å². The highest BCUT2D eigenvalue weighted by Crippen LogP contribution is 2.39. The Morgan fingerprint density at radius 1 is 1.15 bits per heavy atom. The van der Waals surface area contributed by atoms with Crippen LogP contribution in [0.3, 0.4) is 0 Å². The first-order valence-corrected chi connectivity index (χ1v) is 7.54. The summed E-state index contributed by atoms with van der Waals surface area (Å²) in [4.78, 5) is 14.1. The number of nitrogens with zero attached hydrogens (tertiary/aromatic N) is 1. The molecule has 0 aliphatic heterocycles. The lowest BCUT2D eigenvalue weighted by molar-refractivity contribution is -0.117. The lowest BCUT2D eigenvalue weighted by Gasteiger charge is -2.31. The van der Waals surface area contributed by atoms with Gasteiger partial charge in [0.25, 0.3) is 0 Å². The largest absolute Gasteiger partial charge is 0.378 e. The van der Waals surface area contributed by atoms with Gasteiger partial charge in [-0.2, -0.15) is 0 Å². The van der Waals surface area contributed by atoms with Crippen LogP contribution in [0, 0.1) is 5.41 Å². The van der Waals surface area contributed by atoms with E-state index in [1.807, 2.05) is 26.2 Å². The summed E-state index contributed by atoms with van der Waals surface area (Å²) in [7, 11) is 4.04. The molecule has 0 radical (unpaired) electrons. The number of ketones is 1. The van der Waals surface area contributed by atoms with Crippen molar-refractivity contribution in [1.29, 1.82) is 0 Å². The highest BCUT2D eigenvalue weighted by atomic mass is 79.9. The third-order valence-corrected chi connectivity index (χ3v) is 4.40. The lowest BCUT2D eigenvalue weighted by atomic mass is 9.79. The molecule has 1 aliphatic rings. The molecule has 0 saturated heterocycles. The van der Waals surface area contributed by atoms with E-state index in [9.17, 15) is 4.79 Å². The van der Waals surface area contributed by atoms with Gasteiger partial charge in [-0.3, -0.25) is 4.79 Å². The molecule has 1 aromatic carbocycles. The molecule has 0 unspecified atom stereocenters. The van der Waals surface area contributed by atoms with E-state index < -0.39 is 0 Å². The molecule has 20 heavy (non-hydrogen) atoms. The number of carbonyl (C=O) groups is 1. The number of halogens is 1. The smallest absolute Gasteiger partial charge is 0.172 e. The van der Waals surface area contributed by atoms with Crippen LogP contribution in [0.25, 0.3) is 0 Å². The van der Waals surface area contributed by atoms with E-state index in [0.717, 1.165) is 23.5 Å². The fraction of sp³-hybridized carbons (Fsp3) is 0.438. The summed E-state index contributed by atoms with van der Waals surface area (Å²) in [6.45, 7) is 4.25. The monoisotopic (exact) mass is 336 g/mol. The SMILES string of the molecule is CN(C)c1ccc(NC2=C(Br)C(=O)CC(C)(C)C2)cc1. The van der Waals surface area contributed by atoms with E-state index in [1.165, 1.54) is 0 Å². The van der Waals surface area contributed by atoms with Crippen molar-refractivity contribution < 1.29 is 4.79 Å². The van der Waals surface area contributed by atoms with Crippen LogP contribution in [0.1, 0.15) is 26.7 Å². The molecule has 1 aliphatic carbocycles. The summed E-state index contributed by atoms with van der Waals surface area (Å²) < 4.78 is 0.688. The van der Waals surface area contributed by atoms with Crippen LogP contribution < -0.4 is 10.2 Å². The van der Waals surface area contributed by atoms with Gasteiger partial charge in [0, 0.05) is 37.6 Å². The van der Waals surface area contributed by atoms with E-state index in [2.05, 4.69) is 52.1 Å². The zero-order chi connectivity index (χ0) is 14.9. The predicted molar refractivity (Wildman–Crippen MR) is 88.4 cm³/mol. The molecule has 108 valence electrons. The number of carbonyl (C=O) groups excluding carboxylic acids is 1. The van der Waals surface area contributed by atoms with Crippen LogP contribution in [0.4, 0.5) is 11.4 Å². The number of nitrogens with one attached hydrogen (secondary N) is 1. The van der Waals surface area contributed by atoms with Gasteiger partial charge in [0.2, 0.25) is 0 Å². The maximum absolute atomic E-state index is 12.0. The Morgan fingerprint density at radius 2 is 1.75 bits per heavy atom. The minimum absolute atomic E-state index is 0.0142. The van der Waals surface area contributed by atoms with E-state index in [4.69, 9.17) is 0 Å². The number of Topliss-reactive ketones (excluding diaryl/α,β-unsaturated/α-hetero) is 1. The van der Waals surface area contributed by atoms with Crippen LogP contribution >= 0.6 is 15.9 Å². The molecule has 0 aromatic heterocycles. The average molecular weight is 337 g/mol. The molecular formula is C16H21BrN2O. The van der Waals surface area contributed by atoms with Crippen LogP contribution in [-0.4, -0.2) is 19.9 Å². The second kappa shape index (κ2) is 5.60. The molecule has 0 saturated carbocycles. The lowest BCUT2D eigenvalue weighted by Crippen LogP contribution is -2.26. The first kappa shape index (κ1) is 15.1. The second-order valence-corrected chi connectivity index (χ2v) is 7.09. The minimum Gasteiger partial charge on any atom is -0.378 e. The summed E-state index contributed by atoms with van der Waals surface area (Å²) in [6.07, 6.45) is 1.47. The number of anilines is 2. The van der Waals surface area contributed by atoms with Crippen molar-refractivity contribution in [2.45, 2.75) is 26.7 Å². The number of rotatable bonds is 3. The van der Waals surface area contributed by atoms with Gasteiger partial charge < -0.3 is 10.2 Å².